The molecule has 0 spiro atoms. The van der Waals surface area contributed by atoms with Crippen LogP contribution in [0.4, 0.5) is 0 Å². The van der Waals surface area contributed by atoms with Crippen molar-refractivity contribution in [3.05, 3.63) is 70.3 Å². The number of fused-ring (bicyclic) bond motifs is 1. The summed E-state index contributed by atoms with van der Waals surface area (Å²) in [4.78, 5) is 0. The average Bonchev–Trinajstić information content (AvgIpc) is 2.97. The lowest BCUT2D eigenvalue weighted by molar-refractivity contribution is 0.113. The van der Waals surface area contributed by atoms with E-state index in [0.717, 1.165) is 31.2 Å². The Kier molecular flexibility index (Phi) is 4.12. The van der Waals surface area contributed by atoms with Crippen LogP contribution in [0.1, 0.15) is 47.8 Å². The van der Waals surface area contributed by atoms with Crippen LogP contribution in [0.5, 0.6) is 0 Å². The first-order chi connectivity index (χ1) is 10.2. The predicted molar refractivity (Wildman–Crippen MR) is 87.5 cm³/mol. The molecule has 3 rings (SSSR count). The second-order valence-electron chi connectivity index (χ2n) is 6.12. The summed E-state index contributed by atoms with van der Waals surface area (Å²) in [5.74, 6) is 0.319. The van der Waals surface area contributed by atoms with Crippen molar-refractivity contribution in [2.24, 2.45) is 5.92 Å². The van der Waals surface area contributed by atoms with Crippen molar-refractivity contribution in [2.75, 3.05) is 0 Å². The summed E-state index contributed by atoms with van der Waals surface area (Å²) >= 11 is 0. The van der Waals surface area contributed by atoms with Crippen molar-refractivity contribution >= 4 is 0 Å². The molecule has 0 radical (unpaired) electrons. The Balaban J connectivity index is 1.82. The first kappa shape index (κ1) is 14.3. The van der Waals surface area contributed by atoms with Gasteiger partial charge in [0, 0.05) is 0 Å². The van der Waals surface area contributed by atoms with Gasteiger partial charge in [-0.15, -0.1) is 0 Å². The summed E-state index contributed by atoms with van der Waals surface area (Å²) in [6, 6.07) is 15.1. The van der Waals surface area contributed by atoms with E-state index in [0.29, 0.717) is 5.92 Å². The van der Waals surface area contributed by atoms with E-state index in [9.17, 15) is 5.11 Å². The fourth-order valence-corrected chi connectivity index (χ4v) is 3.59. The van der Waals surface area contributed by atoms with Crippen molar-refractivity contribution in [1.29, 1.82) is 0 Å². The minimum Gasteiger partial charge on any atom is -0.388 e. The van der Waals surface area contributed by atoms with Crippen LogP contribution in [0.15, 0.2) is 42.5 Å². The molecule has 1 nitrogen and oxygen atoms in total. The first-order valence-electron chi connectivity index (χ1n) is 8.09. The molecule has 0 aliphatic heterocycles. The van der Waals surface area contributed by atoms with Gasteiger partial charge in [0.2, 0.25) is 0 Å². The summed E-state index contributed by atoms with van der Waals surface area (Å²) in [6.45, 7) is 4.38. The molecular formula is C20H24O. The van der Waals surface area contributed by atoms with Gasteiger partial charge in [0.1, 0.15) is 0 Å². The van der Waals surface area contributed by atoms with Gasteiger partial charge in [-0.05, 0) is 59.4 Å². The highest BCUT2D eigenvalue weighted by Gasteiger charge is 2.28. The van der Waals surface area contributed by atoms with Gasteiger partial charge < -0.3 is 5.11 Å². The number of aliphatic hydroxyl groups is 1. The second-order valence-corrected chi connectivity index (χ2v) is 6.12. The largest absolute Gasteiger partial charge is 0.388 e. The third kappa shape index (κ3) is 2.75. The molecule has 1 aliphatic rings. The summed E-state index contributed by atoms with van der Waals surface area (Å²) in [6.07, 6.45) is 3.74. The second kappa shape index (κ2) is 6.03. The molecule has 0 aromatic heterocycles. The summed E-state index contributed by atoms with van der Waals surface area (Å²) in [5, 5.41) is 10.8. The fourth-order valence-electron chi connectivity index (χ4n) is 3.59. The Hall–Kier alpha value is -1.60. The van der Waals surface area contributed by atoms with Crippen molar-refractivity contribution in [1.82, 2.24) is 0 Å². The number of rotatable bonds is 4. The molecule has 1 unspecified atom stereocenters. The first-order valence-corrected chi connectivity index (χ1v) is 8.09. The number of hydrogen-bond donors (Lipinski definition) is 1. The normalized spacial score (nSPS) is 16.0. The third-order valence-corrected chi connectivity index (χ3v) is 4.86. The van der Waals surface area contributed by atoms with E-state index < -0.39 is 0 Å². The van der Waals surface area contributed by atoms with Crippen LogP contribution in [0.3, 0.4) is 0 Å². The van der Waals surface area contributed by atoms with Crippen LogP contribution in [-0.2, 0) is 25.7 Å². The maximum atomic E-state index is 10.8. The van der Waals surface area contributed by atoms with Crippen LogP contribution >= 0.6 is 0 Å². The van der Waals surface area contributed by atoms with Gasteiger partial charge in [-0.25, -0.2) is 0 Å². The molecule has 0 amide bonds. The maximum Gasteiger partial charge on any atom is 0.0824 e. The monoisotopic (exact) mass is 280 g/mol. The molecule has 1 aliphatic carbocycles. The van der Waals surface area contributed by atoms with Crippen molar-refractivity contribution in [2.45, 2.75) is 45.6 Å². The topological polar surface area (TPSA) is 20.2 Å². The molecule has 0 bridgehead atoms. The molecule has 0 heterocycles. The molecule has 110 valence electrons. The Morgan fingerprint density at radius 2 is 1.57 bits per heavy atom. The zero-order valence-electron chi connectivity index (χ0n) is 13.0. The van der Waals surface area contributed by atoms with Crippen LogP contribution in [-0.4, -0.2) is 5.11 Å². The van der Waals surface area contributed by atoms with E-state index in [1.54, 1.807) is 0 Å². The minimum atomic E-state index is -0.353. The Bertz CT molecular complexity index is 604. The third-order valence-electron chi connectivity index (χ3n) is 4.86. The Morgan fingerprint density at radius 1 is 0.952 bits per heavy atom. The molecule has 1 heteroatoms. The zero-order valence-corrected chi connectivity index (χ0v) is 13.0. The molecular weight excluding hydrogens is 256 g/mol. The number of aryl methyl sites for hydroxylation is 2. The van der Waals surface area contributed by atoms with Gasteiger partial charge in [0.15, 0.2) is 0 Å². The molecule has 2 aromatic rings. The van der Waals surface area contributed by atoms with Crippen LogP contribution < -0.4 is 0 Å². The quantitative estimate of drug-likeness (QED) is 0.887. The minimum absolute atomic E-state index is 0.319. The van der Waals surface area contributed by atoms with E-state index in [2.05, 4.69) is 56.3 Å². The molecule has 0 saturated heterocycles. The van der Waals surface area contributed by atoms with Crippen LogP contribution in [0.25, 0.3) is 0 Å². The number of aliphatic hydroxyl groups excluding tert-OH is 1. The van der Waals surface area contributed by atoms with Gasteiger partial charge in [-0.2, -0.15) is 0 Å². The maximum absolute atomic E-state index is 10.8. The zero-order chi connectivity index (χ0) is 14.8. The standard InChI is InChI=1S/C20H24O/c1-3-14-9-10-18(11-15(14)4-2)20(21)19-12-16-7-5-6-8-17(16)13-19/h5-11,19-21H,3-4,12-13H2,1-2H3. The molecule has 2 aromatic carbocycles. The van der Waals surface area contributed by atoms with E-state index in [1.165, 1.54) is 22.3 Å². The molecule has 1 atom stereocenters. The molecule has 0 saturated carbocycles. The van der Waals surface area contributed by atoms with Gasteiger partial charge in [-0.3, -0.25) is 0 Å². The van der Waals surface area contributed by atoms with Gasteiger partial charge in [-0.1, -0.05) is 56.3 Å². The van der Waals surface area contributed by atoms with E-state index >= 15 is 0 Å². The van der Waals surface area contributed by atoms with E-state index in [4.69, 9.17) is 0 Å². The van der Waals surface area contributed by atoms with Crippen molar-refractivity contribution in [3.8, 4) is 0 Å². The number of benzene rings is 2. The predicted octanol–water partition coefficient (Wildman–Crippen LogP) is 4.26. The smallest absolute Gasteiger partial charge is 0.0824 e. The van der Waals surface area contributed by atoms with E-state index in [1.807, 2.05) is 0 Å². The summed E-state index contributed by atoms with van der Waals surface area (Å²) in [7, 11) is 0. The highest BCUT2D eigenvalue weighted by Crippen LogP contribution is 2.35. The lowest BCUT2D eigenvalue weighted by Gasteiger charge is -2.20. The van der Waals surface area contributed by atoms with Crippen LogP contribution in [0, 0.1) is 5.92 Å². The summed E-state index contributed by atoms with van der Waals surface area (Å²) < 4.78 is 0. The Morgan fingerprint density at radius 3 is 2.14 bits per heavy atom. The van der Waals surface area contributed by atoms with Gasteiger partial charge in [0.25, 0.3) is 0 Å². The fraction of sp³-hybridized carbons (Fsp3) is 0.400. The molecule has 1 N–H and O–H groups in total. The van der Waals surface area contributed by atoms with Gasteiger partial charge >= 0.3 is 0 Å². The average molecular weight is 280 g/mol. The molecule has 21 heavy (non-hydrogen) atoms. The highest BCUT2D eigenvalue weighted by atomic mass is 16.3. The van der Waals surface area contributed by atoms with Crippen molar-refractivity contribution in [3.63, 3.8) is 0 Å². The Labute approximate surface area is 127 Å². The number of hydrogen-bond acceptors (Lipinski definition) is 1. The molecule has 0 fully saturated rings. The lowest BCUT2D eigenvalue weighted by Crippen LogP contribution is -2.13. The highest BCUT2D eigenvalue weighted by molar-refractivity contribution is 5.36. The van der Waals surface area contributed by atoms with Crippen molar-refractivity contribution < 1.29 is 5.11 Å². The SMILES string of the molecule is CCc1ccc(C(O)C2Cc3ccccc3C2)cc1CC. The van der Waals surface area contributed by atoms with Crippen LogP contribution in [0.2, 0.25) is 0 Å². The lowest BCUT2D eigenvalue weighted by atomic mass is 9.90. The van der Waals surface area contributed by atoms with E-state index in [-0.39, 0.29) is 6.10 Å². The summed E-state index contributed by atoms with van der Waals surface area (Å²) in [5.41, 5.74) is 6.68. The van der Waals surface area contributed by atoms with Gasteiger partial charge in [0.05, 0.1) is 6.10 Å².